The maximum Gasteiger partial charge on any atom is 0.419 e. The number of imidazole rings is 1. The molecule has 0 saturated heterocycles. The Kier molecular flexibility index (Phi) is 7.55. The van der Waals surface area contributed by atoms with Crippen molar-refractivity contribution < 1.29 is 22.8 Å². The molecule has 2 amide bonds. The molecule has 0 aromatic carbocycles. The Labute approximate surface area is 174 Å². The molecule has 1 N–H and O–H groups in total. The minimum absolute atomic E-state index is 0.105. The van der Waals surface area contributed by atoms with E-state index >= 15 is 0 Å². The summed E-state index contributed by atoms with van der Waals surface area (Å²) < 4.78 is 41.0. The second-order valence-electron chi connectivity index (χ2n) is 6.34. The molecule has 1 aliphatic rings. The van der Waals surface area contributed by atoms with Gasteiger partial charge < -0.3 is 14.8 Å². The standard InChI is InChI=1S/C17H21BrClF3N4O2/c1-3-5-25(6-4-2)12(27)8-23-16(28)13-14(19)26-9-10(18)7-11(15(26)24-13)17(20,21)22/h7,10H,3-6,8-9H2,1-2H3,(H,23,28). The highest BCUT2D eigenvalue weighted by molar-refractivity contribution is 9.09. The van der Waals surface area contributed by atoms with Crippen LogP contribution in [-0.2, 0) is 11.3 Å². The largest absolute Gasteiger partial charge is 0.419 e. The van der Waals surface area contributed by atoms with Crippen LogP contribution in [0.3, 0.4) is 0 Å². The molecule has 11 heteroatoms. The van der Waals surface area contributed by atoms with E-state index in [9.17, 15) is 22.8 Å². The first-order valence-corrected chi connectivity index (χ1v) is 10.1. The number of carbonyl (C=O) groups is 2. The monoisotopic (exact) mass is 484 g/mol. The SMILES string of the molecule is CCCN(CCC)C(=O)CNC(=O)c1nc2n(c1Cl)CC(Br)C=C2C(F)(F)F. The van der Waals surface area contributed by atoms with Gasteiger partial charge in [-0.1, -0.05) is 47.5 Å². The van der Waals surface area contributed by atoms with Gasteiger partial charge >= 0.3 is 6.18 Å². The lowest BCUT2D eigenvalue weighted by atomic mass is 10.1. The van der Waals surface area contributed by atoms with Crippen molar-refractivity contribution in [2.45, 2.75) is 44.2 Å². The summed E-state index contributed by atoms with van der Waals surface area (Å²) in [7, 11) is 0. The van der Waals surface area contributed by atoms with Crippen molar-refractivity contribution in [2.75, 3.05) is 19.6 Å². The molecule has 1 aromatic heterocycles. The van der Waals surface area contributed by atoms with Gasteiger partial charge in [-0.3, -0.25) is 9.59 Å². The maximum absolute atomic E-state index is 13.3. The van der Waals surface area contributed by atoms with E-state index in [1.807, 2.05) is 13.8 Å². The Morgan fingerprint density at radius 3 is 2.50 bits per heavy atom. The number of rotatable bonds is 7. The van der Waals surface area contributed by atoms with Gasteiger partial charge in [0.05, 0.1) is 16.9 Å². The molecule has 0 aliphatic carbocycles. The minimum Gasteiger partial charge on any atom is -0.342 e. The van der Waals surface area contributed by atoms with Crippen LogP contribution in [0.2, 0.25) is 5.15 Å². The third kappa shape index (κ3) is 5.08. The van der Waals surface area contributed by atoms with Crippen molar-refractivity contribution in [3.63, 3.8) is 0 Å². The molecule has 2 heterocycles. The predicted molar refractivity (Wildman–Crippen MR) is 103 cm³/mol. The fourth-order valence-corrected chi connectivity index (χ4v) is 3.74. The van der Waals surface area contributed by atoms with Crippen molar-refractivity contribution in [2.24, 2.45) is 0 Å². The highest BCUT2D eigenvalue weighted by atomic mass is 79.9. The van der Waals surface area contributed by atoms with E-state index in [4.69, 9.17) is 11.6 Å². The third-order valence-corrected chi connectivity index (χ3v) is 5.05. The first-order valence-electron chi connectivity index (χ1n) is 8.85. The number of hydrogen-bond donors (Lipinski definition) is 1. The van der Waals surface area contributed by atoms with Crippen molar-refractivity contribution in [3.8, 4) is 0 Å². The van der Waals surface area contributed by atoms with Crippen LogP contribution in [0, 0.1) is 0 Å². The first-order chi connectivity index (χ1) is 13.1. The van der Waals surface area contributed by atoms with Gasteiger partial charge in [0.2, 0.25) is 5.91 Å². The Balaban J connectivity index is 2.18. The molecule has 1 aliphatic heterocycles. The van der Waals surface area contributed by atoms with Gasteiger partial charge in [-0.05, 0) is 12.8 Å². The number of halogens is 5. The van der Waals surface area contributed by atoms with Gasteiger partial charge in [0, 0.05) is 19.6 Å². The van der Waals surface area contributed by atoms with E-state index in [0.717, 1.165) is 23.5 Å². The van der Waals surface area contributed by atoms with Gasteiger partial charge in [-0.15, -0.1) is 0 Å². The Bertz CT molecular complexity index is 773. The average Bonchev–Trinajstić information content (AvgIpc) is 2.94. The van der Waals surface area contributed by atoms with Crippen LogP contribution in [0.4, 0.5) is 13.2 Å². The molecule has 0 spiro atoms. The zero-order chi connectivity index (χ0) is 21.1. The fraction of sp³-hybridized carbons (Fsp3) is 0.588. The molecule has 1 aromatic rings. The lowest BCUT2D eigenvalue weighted by Gasteiger charge is -2.21. The number of alkyl halides is 4. The molecule has 6 nitrogen and oxygen atoms in total. The summed E-state index contributed by atoms with van der Waals surface area (Å²) >= 11 is 9.26. The van der Waals surface area contributed by atoms with Crippen molar-refractivity contribution >= 4 is 44.9 Å². The van der Waals surface area contributed by atoms with E-state index < -0.39 is 28.3 Å². The molecule has 0 saturated carbocycles. The van der Waals surface area contributed by atoms with Crippen LogP contribution in [0.5, 0.6) is 0 Å². The lowest BCUT2D eigenvalue weighted by molar-refractivity contribution is -0.130. The van der Waals surface area contributed by atoms with Crippen LogP contribution in [0.1, 0.15) is 43.0 Å². The van der Waals surface area contributed by atoms with Gasteiger partial charge in [0.15, 0.2) is 5.69 Å². The van der Waals surface area contributed by atoms with Crippen LogP contribution in [0.15, 0.2) is 6.08 Å². The van der Waals surface area contributed by atoms with Gasteiger partial charge in [-0.2, -0.15) is 13.2 Å². The first kappa shape index (κ1) is 22.7. The molecular weight excluding hydrogens is 465 g/mol. The highest BCUT2D eigenvalue weighted by Gasteiger charge is 2.41. The molecule has 0 radical (unpaired) electrons. The second kappa shape index (κ2) is 9.30. The number of hydrogen-bond acceptors (Lipinski definition) is 3. The summed E-state index contributed by atoms with van der Waals surface area (Å²) in [6, 6.07) is 0. The number of nitrogens with one attached hydrogen (secondary N) is 1. The van der Waals surface area contributed by atoms with E-state index in [-0.39, 0.29) is 29.8 Å². The third-order valence-electron chi connectivity index (χ3n) is 4.11. The summed E-state index contributed by atoms with van der Waals surface area (Å²) in [6.07, 6.45) is -2.08. The van der Waals surface area contributed by atoms with Crippen LogP contribution in [-0.4, -0.2) is 56.9 Å². The number of carbonyl (C=O) groups excluding carboxylic acids is 2. The average molecular weight is 486 g/mol. The summed E-state index contributed by atoms with van der Waals surface area (Å²) in [6.45, 7) is 4.83. The van der Waals surface area contributed by atoms with E-state index in [2.05, 4.69) is 26.2 Å². The second-order valence-corrected chi connectivity index (χ2v) is 7.88. The molecule has 0 fully saturated rings. The fourth-order valence-electron chi connectivity index (χ4n) is 2.91. The van der Waals surface area contributed by atoms with Crippen molar-refractivity contribution in [1.82, 2.24) is 19.8 Å². The molecule has 1 atom stereocenters. The minimum atomic E-state index is -4.64. The molecule has 28 heavy (non-hydrogen) atoms. The van der Waals surface area contributed by atoms with Crippen LogP contribution >= 0.6 is 27.5 Å². The van der Waals surface area contributed by atoms with Crippen LogP contribution in [0.25, 0.3) is 5.57 Å². The molecule has 0 bridgehead atoms. The molecule has 156 valence electrons. The smallest absolute Gasteiger partial charge is 0.342 e. The Morgan fingerprint density at radius 2 is 1.96 bits per heavy atom. The zero-order valence-electron chi connectivity index (χ0n) is 15.4. The summed E-state index contributed by atoms with van der Waals surface area (Å²) in [5.41, 5.74) is -1.30. The number of allylic oxidation sites excluding steroid dienone is 2. The molecule has 1 unspecified atom stereocenters. The zero-order valence-corrected chi connectivity index (χ0v) is 17.8. The number of amides is 2. The van der Waals surface area contributed by atoms with E-state index in [0.29, 0.717) is 13.1 Å². The van der Waals surface area contributed by atoms with Gasteiger partial charge in [-0.25, -0.2) is 4.98 Å². The Hall–Kier alpha value is -1.55. The number of fused-ring (bicyclic) bond motifs is 1. The topological polar surface area (TPSA) is 67.2 Å². The van der Waals surface area contributed by atoms with Crippen LogP contribution < -0.4 is 5.32 Å². The van der Waals surface area contributed by atoms with Gasteiger partial charge in [0.1, 0.15) is 11.0 Å². The van der Waals surface area contributed by atoms with Gasteiger partial charge in [0.25, 0.3) is 5.91 Å². The Morgan fingerprint density at radius 1 is 1.36 bits per heavy atom. The van der Waals surface area contributed by atoms with Crippen molar-refractivity contribution in [3.05, 3.63) is 22.7 Å². The predicted octanol–water partition coefficient (Wildman–Crippen LogP) is 3.64. The normalized spacial score (nSPS) is 16.4. The summed E-state index contributed by atoms with van der Waals surface area (Å²) in [5, 5.41) is 2.21. The lowest BCUT2D eigenvalue weighted by Crippen LogP contribution is -2.41. The number of aromatic nitrogens is 2. The highest BCUT2D eigenvalue weighted by Crippen LogP contribution is 2.39. The number of nitrogens with zero attached hydrogens (tertiary/aromatic N) is 3. The summed E-state index contributed by atoms with van der Waals surface area (Å²) in [5.74, 6) is -1.47. The van der Waals surface area contributed by atoms with E-state index in [1.165, 1.54) is 0 Å². The molecular formula is C17H21BrClF3N4O2. The van der Waals surface area contributed by atoms with E-state index in [1.54, 1.807) is 4.90 Å². The quantitative estimate of drug-likeness (QED) is 0.600. The maximum atomic E-state index is 13.3. The van der Waals surface area contributed by atoms with Crippen molar-refractivity contribution in [1.29, 1.82) is 0 Å². The molecule has 2 rings (SSSR count). The summed E-state index contributed by atoms with van der Waals surface area (Å²) in [4.78, 5) is 29.5.